The topological polar surface area (TPSA) is 79.1 Å². The number of rotatable bonds is 4. The van der Waals surface area contributed by atoms with Crippen LogP contribution in [0.4, 0.5) is 4.79 Å². The molecule has 0 spiro atoms. The maximum Gasteiger partial charge on any atom is 0.412 e. The number of hydrogen-bond acceptors (Lipinski definition) is 5. The average molecular weight is 201 g/mol. The van der Waals surface area contributed by atoms with Gasteiger partial charge in [0.05, 0.1) is 18.0 Å². The summed E-state index contributed by atoms with van der Waals surface area (Å²) >= 11 is 1.59. The summed E-state index contributed by atoms with van der Waals surface area (Å²) in [7, 11) is 0. The van der Waals surface area contributed by atoms with Crippen LogP contribution in [-0.2, 0) is 4.74 Å². The van der Waals surface area contributed by atoms with E-state index in [-0.39, 0.29) is 18.2 Å². The Bertz CT molecular complexity index is 228. The monoisotopic (exact) mass is 201 g/mol. The number of ether oxygens (including phenoxy) is 1. The van der Waals surface area contributed by atoms with Crippen molar-refractivity contribution in [3.05, 3.63) is 0 Å². The van der Waals surface area contributed by atoms with Crippen molar-refractivity contribution in [1.82, 2.24) is 4.90 Å². The molecule has 0 aliphatic carbocycles. The third-order valence-electron chi connectivity index (χ3n) is 1.53. The molecule has 5 nitrogen and oxygen atoms in total. The molecule has 13 heavy (non-hydrogen) atoms. The predicted octanol–water partition coefficient (Wildman–Crippen LogP) is 0.328. The van der Waals surface area contributed by atoms with Crippen molar-refractivity contribution >= 4 is 17.9 Å². The Balaban J connectivity index is 2.08. The Morgan fingerprint density at radius 2 is 2.62 bits per heavy atom. The molecule has 1 aliphatic heterocycles. The summed E-state index contributed by atoms with van der Waals surface area (Å²) in [4.78, 5) is 12.6. The molecule has 1 atom stereocenters. The van der Waals surface area contributed by atoms with Gasteiger partial charge in [0, 0.05) is 12.2 Å². The third kappa shape index (κ3) is 3.13. The van der Waals surface area contributed by atoms with Crippen LogP contribution >= 0.6 is 11.8 Å². The van der Waals surface area contributed by atoms with E-state index >= 15 is 0 Å². The van der Waals surface area contributed by atoms with E-state index in [9.17, 15) is 4.79 Å². The summed E-state index contributed by atoms with van der Waals surface area (Å²) in [5.41, 5.74) is 5.04. The van der Waals surface area contributed by atoms with E-state index in [1.807, 2.05) is 6.07 Å². The zero-order valence-corrected chi connectivity index (χ0v) is 7.92. The molecule has 0 aromatic rings. The molecule has 1 amide bonds. The number of amides is 1. The predicted molar refractivity (Wildman–Crippen MR) is 48.7 cm³/mol. The van der Waals surface area contributed by atoms with Gasteiger partial charge < -0.3 is 4.74 Å². The maximum atomic E-state index is 11.0. The minimum atomic E-state index is -0.364. The fraction of sp³-hybridized carbons (Fsp3) is 0.714. The minimum Gasteiger partial charge on any atom is -0.434 e. The Labute approximate surface area is 80.8 Å². The highest BCUT2D eigenvalue weighted by Crippen LogP contribution is 2.29. The Morgan fingerprint density at radius 3 is 3.23 bits per heavy atom. The standard InChI is InChI=1S/C7H11N3O2S/c8-2-1-3-13-6-4-10(6)7(11)12-5-9/h6H,1,3-5,9H2. The number of hydrogen-bond donors (Lipinski definition) is 1. The van der Waals surface area contributed by atoms with Crippen LogP contribution in [0.3, 0.4) is 0 Å². The van der Waals surface area contributed by atoms with E-state index in [1.165, 1.54) is 0 Å². The van der Waals surface area contributed by atoms with Gasteiger partial charge in [-0.1, -0.05) is 0 Å². The van der Waals surface area contributed by atoms with Gasteiger partial charge in [-0.25, -0.2) is 4.79 Å². The quantitative estimate of drug-likeness (QED) is 0.403. The smallest absolute Gasteiger partial charge is 0.412 e. The molecule has 72 valence electrons. The van der Waals surface area contributed by atoms with Crippen molar-refractivity contribution in [2.24, 2.45) is 5.73 Å². The van der Waals surface area contributed by atoms with Crippen LogP contribution < -0.4 is 5.73 Å². The van der Waals surface area contributed by atoms with Crippen LogP contribution in [0.2, 0.25) is 0 Å². The maximum absolute atomic E-state index is 11.0. The summed E-state index contributed by atoms with van der Waals surface area (Å²) in [6.45, 7) is 0.625. The molecule has 1 saturated heterocycles. The second kappa shape index (κ2) is 4.94. The lowest BCUT2D eigenvalue weighted by molar-refractivity contribution is 0.133. The van der Waals surface area contributed by atoms with Gasteiger partial charge in [-0.2, -0.15) is 5.26 Å². The fourth-order valence-electron chi connectivity index (χ4n) is 0.851. The van der Waals surface area contributed by atoms with E-state index in [2.05, 4.69) is 4.74 Å². The highest BCUT2D eigenvalue weighted by Gasteiger charge is 2.39. The zero-order chi connectivity index (χ0) is 9.68. The third-order valence-corrected chi connectivity index (χ3v) is 2.76. The number of thioether (sulfide) groups is 1. The molecule has 0 bridgehead atoms. The van der Waals surface area contributed by atoms with Gasteiger partial charge in [-0.15, -0.1) is 11.8 Å². The number of carbonyl (C=O) groups excluding carboxylic acids is 1. The number of carbonyl (C=O) groups is 1. The van der Waals surface area contributed by atoms with Crippen molar-refractivity contribution in [2.75, 3.05) is 19.0 Å². The van der Waals surface area contributed by atoms with Crippen LogP contribution in [0.15, 0.2) is 0 Å². The first-order chi connectivity index (χ1) is 6.29. The molecule has 1 aliphatic rings. The fourth-order valence-corrected chi connectivity index (χ4v) is 1.86. The van der Waals surface area contributed by atoms with Crippen LogP contribution in [0.25, 0.3) is 0 Å². The first kappa shape index (κ1) is 10.2. The van der Waals surface area contributed by atoms with Crippen molar-refractivity contribution in [3.8, 4) is 6.07 Å². The van der Waals surface area contributed by atoms with Gasteiger partial charge >= 0.3 is 6.09 Å². The summed E-state index contributed by atoms with van der Waals surface area (Å²) in [6, 6.07) is 2.04. The van der Waals surface area contributed by atoms with E-state index in [1.54, 1.807) is 16.7 Å². The van der Waals surface area contributed by atoms with Gasteiger partial charge in [0.15, 0.2) is 0 Å². The summed E-state index contributed by atoms with van der Waals surface area (Å²) < 4.78 is 4.59. The van der Waals surface area contributed by atoms with Gasteiger partial charge in [0.25, 0.3) is 0 Å². The van der Waals surface area contributed by atoms with Crippen LogP contribution in [0.5, 0.6) is 0 Å². The first-order valence-corrected chi connectivity index (χ1v) is 4.96. The first-order valence-electron chi connectivity index (χ1n) is 3.91. The van der Waals surface area contributed by atoms with Crippen LogP contribution in [0.1, 0.15) is 6.42 Å². The SMILES string of the molecule is N#CCCSC1CN1C(=O)OCN. The largest absolute Gasteiger partial charge is 0.434 e. The number of nitrogens with two attached hydrogens (primary N) is 1. The molecular formula is C7H11N3O2S. The molecule has 1 fully saturated rings. The van der Waals surface area contributed by atoms with Crippen molar-refractivity contribution in [2.45, 2.75) is 11.8 Å². The van der Waals surface area contributed by atoms with Gasteiger partial charge in [-0.3, -0.25) is 10.6 Å². The Hall–Kier alpha value is -0.930. The summed E-state index contributed by atoms with van der Waals surface area (Å²) in [5, 5.41) is 8.46. The second-order valence-corrected chi connectivity index (χ2v) is 3.75. The number of nitriles is 1. The van der Waals surface area contributed by atoms with E-state index in [0.29, 0.717) is 13.0 Å². The van der Waals surface area contributed by atoms with Gasteiger partial charge in [-0.05, 0) is 0 Å². The molecule has 0 saturated carbocycles. The molecule has 0 radical (unpaired) electrons. The van der Waals surface area contributed by atoms with E-state index in [4.69, 9.17) is 11.0 Å². The van der Waals surface area contributed by atoms with Crippen molar-refractivity contribution in [1.29, 1.82) is 5.26 Å². The molecule has 1 unspecified atom stereocenters. The van der Waals surface area contributed by atoms with E-state index < -0.39 is 0 Å². The number of nitrogens with zero attached hydrogens (tertiary/aromatic N) is 2. The second-order valence-electron chi connectivity index (χ2n) is 2.46. The molecular weight excluding hydrogens is 190 g/mol. The van der Waals surface area contributed by atoms with E-state index in [0.717, 1.165) is 5.75 Å². The Kier molecular flexibility index (Phi) is 3.86. The zero-order valence-electron chi connectivity index (χ0n) is 7.10. The summed E-state index contributed by atoms with van der Waals surface area (Å²) in [6.07, 6.45) is 0.151. The highest BCUT2D eigenvalue weighted by molar-refractivity contribution is 8.00. The lowest BCUT2D eigenvalue weighted by Gasteiger charge is -2.02. The van der Waals surface area contributed by atoms with Crippen LogP contribution in [-0.4, -0.2) is 35.4 Å². The molecule has 2 N–H and O–H groups in total. The summed E-state index contributed by atoms with van der Waals surface area (Å²) in [5.74, 6) is 0.758. The lowest BCUT2D eigenvalue weighted by Crippen LogP contribution is -2.18. The van der Waals surface area contributed by atoms with Gasteiger partial charge in [0.2, 0.25) is 0 Å². The minimum absolute atomic E-state index is 0.0785. The lowest BCUT2D eigenvalue weighted by atomic mass is 10.6. The normalized spacial score (nSPS) is 19.4. The van der Waals surface area contributed by atoms with Crippen LogP contribution in [0, 0.1) is 11.3 Å². The highest BCUT2D eigenvalue weighted by atomic mass is 32.2. The molecule has 0 aromatic heterocycles. The van der Waals surface area contributed by atoms with Crippen molar-refractivity contribution in [3.63, 3.8) is 0 Å². The molecule has 6 heteroatoms. The van der Waals surface area contributed by atoms with Crippen molar-refractivity contribution < 1.29 is 9.53 Å². The molecule has 1 heterocycles. The average Bonchev–Trinajstić information content (AvgIpc) is 2.85. The molecule has 1 rings (SSSR count). The van der Waals surface area contributed by atoms with Gasteiger partial charge in [0.1, 0.15) is 6.73 Å². The Morgan fingerprint density at radius 1 is 1.85 bits per heavy atom. The molecule has 0 aromatic carbocycles.